The molecular formula is C27H26N2O. The Bertz CT molecular complexity index is 1190. The van der Waals surface area contributed by atoms with E-state index in [2.05, 4.69) is 67.4 Å². The van der Waals surface area contributed by atoms with Gasteiger partial charge in [-0.1, -0.05) is 74.5 Å². The molecule has 150 valence electrons. The first kappa shape index (κ1) is 18.7. The predicted molar refractivity (Wildman–Crippen MR) is 122 cm³/mol. The van der Waals surface area contributed by atoms with Crippen molar-refractivity contribution in [3.63, 3.8) is 0 Å². The number of aromatic nitrogens is 1. The molecule has 3 nitrogen and oxygen atoms in total. The van der Waals surface area contributed by atoms with E-state index in [9.17, 15) is 4.79 Å². The van der Waals surface area contributed by atoms with Crippen LogP contribution in [0.5, 0.6) is 0 Å². The molecule has 1 aromatic heterocycles. The van der Waals surface area contributed by atoms with Crippen LogP contribution in [0.2, 0.25) is 0 Å². The summed E-state index contributed by atoms with van der Waals surface area (Å²) in [5.41, 5.74) is 6.75. The van der Waals surface area contributed by atoms with Gasteiger partial charge in [0.2, 0.25) is 0 Å². The van der Waals surface area contributed by atoms with E-state index in [4.69, 9.17) is 0 Å². The third-order valence-electron chi connectivity index (χ3n) is 6.23. The first-order chi connectivity index (χ1) is 14.6. The number of hydrogen-bond acceptors (Lipinski definition) is 1. The maximum absolute atomic E-state index is 13.6. The lowest BCUT2D eigenvalue weighted by atomic mass is 9.91. The molecule has 3 aromatic carbocycles. The summed E-state index contributed by atoms with van der Waals surface area (Å²) in [4.78, 5) is 19.3. The fraction of sp³-hybridized carbons (Fsp3) is 0.222. The molecule has 2 heterocycles. The molecule has 0 bridgehead atoms. The van der Waals surface area contributed by atoms with Gasteiger partial charge in [0.05, 0.1) is 6.04 Å². The number of para-hydroxylation sites is 1. The van der Waals surface area contributed by atoms with Gasteiger partial charge in [-0.15, -0.1) is 0 Å². The van der Waals surface area contributed by atoms with Crippen molar-refractivity contribution in [3.05, 3.63) is 107 Å². The van der Waals surface area contributed by atoms with Gasteiger partial charge in [-0.3, -0.25) is 4.79 Å². The number of amides is 1. The standard InChI is InChI=1S/C27H26N2O/c1-18(2)19-12-14-21(15-13-19)27(30)29-17-16-23-22-10-6-7-11-24(22)28-25(23)26(29)20-8-4-3-5-9-20/h3-15,18,26,28H,16-17H2,1-2H3. The predicted octanol–water partition coefficient (Wildman–Crippen LogP) is 6.08. The number of benzene rings is 3. The molecule has 0 saturated heterocycles. The van der Waals surface area contributed by atoms with Crippen molar-refractivity contribution in [1.82, 2.24) is 9.88 Å². The lowest BCUT2D eigenvalue weighted by Crippen LogP contribution is -2.40. The summed E-state index contributed by atoms with van der Waals surface area (Å²) >= 11 is 0. The SMILES string of the molecule is CC(C)c1ccc(C(=O)N2CCc3c([nH]c4ccccc34)C2c2ccccc2)cc1. The van der Waals surface area contributed by atoms with Crippen LogP contribution in [-0.4, -0.2) is 22.3 Å². The number of fused-ring (bicyclic) bond motifs is 3. The molecule has 0 fully saturated rings. The van der Waals surface area contributed by atoms with E-state index >= 15 is 0 Å². The molecule has 1 aliphatic rings. The fourth-order valence-corrected chi connectivity index (χ4v) is 4.62. The minimum Gasteiger partial charge on any atom is -0.356 e. The Kier molecular flexibility index (Phi) is 4.66. The quantitative estimate of drug-likeness (QED) is 0.449. The fourth-order valence-electron chi connectivity index (χ4n) is 4.62. The van der Waals surface area contributed by atoms with E-state index in [1.54, 1.807) is 0 Å². The Balaban J connectivity index is 1.60. The van der Waals surface area contributed by atoms with Crippen LogP contribution in [0, 0.1) is 0 Å². The van der Waals surface area contributed by atoms with E-state index in [1.165, 1.54) is 16.5 Å². The Morgan fingerprint density at radius 3 is 2.37 bits per heavy atom. The van der Waals surface area contributed by atoms with Crippen LogP contribution in [0.25, 0.3) is 10.9 Å². The Morgan fingerprint density at radius 1 is 0.933 bits per heavy atom. The van der Waals surface area contributed by atoms with Crippen molar-refractivity contribution in [2.24, 2.45) is 0 Å². The smallest absolute Gasteiger partial charge is 0.254 e. The molecule has 0 aliphatic carbocycles. The molecule has 0 spiro atoms. The van der Waals surface area contributed by atoms with Crippen LogP contribution in [0.4, 0.5) is 0 Å². The lowest BCUT2D eigenvalue weighted by Gasteiger charge is -2.36. The first-order valence-electron chi connectivity index (χ1n) is 10.7. The lowest BCUT2D eigenvalue weighted by molar-refractivity contribution is 0.0692. The summed E-state index contributed by atoms with van der Waals surface area (Å²) in [7, 11) is 0. The minimum atomic E-state index is -0.111. The second-order valence-electron chi connectivity index (χ2n) is 8.40. The molecule has 0 radical (unpaired) electrons. The number of nitrogens with zero attached hydrogens (tertiary/aromatic N) is 1. The van der Waals surface area contributed by atoms with Gasteiger partial charge in [-0.25, -0.2) is 0 Å². The summed E-state index contributed by atoms with van der Waals surface area (Å²) in [5, 5.41) is 1.27. The van der Waals surface area contributed by atoms with Gasteiger partial charge in [0, 0.05) is 28.7 Å². The third kappa shape index (κ3) is 3.11. The van der Waals surface area contributed by atoms with E-state index in [-0.39, 0.29) is 11.9 Å². The van der Waals surface area contributed by atoms with E-state index in [0.29, 0.717) is 12.5 Å². The summed E-state index contributed by atoms with van der Waals surface area (Å²) in [6.45, 7) is 5.05. The zero-order valence-electron chi connectivity index (χ0n) is 17.4. The van der Waals surface area contributed by atoms with Crippen molar-refractivity contribution in [3.8, 4) is 0 Å². The van der Waals surface area contributed by atoms with Gasteiger partial charge in [0.1, 0.15) is 0 Å². The highest BCUT2D eigenvalue weighted by atomic mass is 16.2. The molecule has 1 aliphatic heterocycles. The number of aromatic amines is 1. The zero-order valence-corrected chi connectivity index (χ0v) is 17.4. The van der Waals surface area contributed by atoms with Gasteiger partial charge in [0.25, 0.3) is 5.91 Å². The van der Waals surface area contributed by atoms with E-state index < -0.39 is 0 Å². The van der Waals surface area contributed by atoms with Gasteiger partial charge in [-0.05, 0) is 47.2 Å². The molecular weight excluding hydrogens is 368 g/mol. The Morgan fingerprint density at radius 2 is 1.63 bits per heavy atom. The summed E-state index contributed by atoms with van der Waals surface area (Å²) in [6.07, 6.45) is 0.860. The molecule has 1 atom stereocenters. The largest absolute Gasteiger partial charge is 0.356 e. The monoisotopic (exact) mass is 394 g/mol. The molecule has 1 N–H and O–H groups in total. The second kappa shape index (κ2) is 7.49. The maximum Gasteiger partial charge on any atom is 0.254 e. The minimum absolute atomic E-state index is 0.0865. The third-order valence-corrected chi connectivity index (χ3v) is 6.23. The van der Waals surface area contributed by atoms with Gasteiger partial charge < -0.3 is 9.88 Å². The molecule has 1 unspecified atom stereocenters. The van der Waals surface area contributed by atoms with Crippen LogP contribution < -0.4 is 0 Å². The number of hydrogen-bond donors (Lipinski definition) is 1. The molecule has 5 rings (SSSR count). The maximum atomic E-state index is 13.6. The number of carbonyl (C=O) groups excluding carboxylic acids is 1. The highest BCUT2D eigenvalue weighted by molar-refractivity contribution is 5.95. The summed E-state index contributed by atoms with van der Waals surface area (Å²) < 4.78 is 0. The van der Waals surface area contributed by atoms with Crippen LogP contribution in [0.3, 0.4) is 0 Å². The Labute approximate surface area is 177 Å². The van der Waals surface area contributed by atoms with Crippen LogP contribution in [0.1, 0.15) is 58.5 Å². The highest BCUT2D eigenvalue weighted by Crippen LogP contribution is 2.39. The number of rotatable bonds is 3. The first-order valence-corrected chi connectivity index (χ1v) is 10.7. The highest BCUT2D eigenvalue weighted by Gasteiger charge is 2.34. The van der Waals surface area contributed by atoms with Crippen molar-refractivity contribution in [2.75, 3.05) is 6.54 Å². The average Bonchev–Trinajstić information content (AvgIpc) is 3.17. The number of carbonyl (C=O) groups is 1. The molecule has 4 aromatic rings. The van der Waals surface area contributed by atoms with Crippen LogP contribution in [0.15, 0.2) is 78.9 Å². The summed E-state index contributed by atoms with van der Waals surface area (Å²) in [5.74, 6) is 0.540. The normalized spacial score (nSPS) is 16.1. The van der Waals surface area contributed by atoms with Crippen LogP contribution in [-0.2, 0) is 6.42 Å². The molecule has 30 heavy (non-hydrogen) atoms. The average molecular weight is 395 g/mol. The van der Waals surface area contributed by atoms with Crippen molar-refractivity contribution in [1.29, 1.82) is 0 Å². The van der Waals surface area contributed by atoms with E-state index in [1.807, 2.05) is 35.2 Å². The summed E-state index contributed by atoms with van der Waals surface area (Å²) in [6, 6.07) is 26.8. The van der Waals surface area contributed by atoms with Crippen LogP contribution >= 0.6 is 0 Å². The number of H-pyrrole nitrogens is 1. The van der Waals surface area contributed by atoms with Crippen molar-refractivity contribution >= 4 is 16.8 Å². The molecule has 1 amide bonds. The Hall–Kier alpha value is -3.33. The van der Waals surface area contributed by atoms with Gasteiger partial charge in [-0.2, -0.15) is 0 Å². The van der Waals surface area contributed by atoms with Gasteiger partial charge in [0.15, 0.2) is 0 Å². The molecule has 3 heteroatoms. The van der Waals surface area contributed by atoms with Crippen molar-refractivity contribution in [2.45, 2.75) is 32.2 Å². The second-order valence-corrected chi connectivity index (χ2v) is 8.40. The van der Waals surface area contributed by atoms with Crippen molar-refractivity contribution < 1.29 is 4.79 Å². The van der Waals surface area contributed by atoms with Gasteiger partial charge >= 0.3 is 0 Å². The topological polar surface area (TPSA) is 36.1 Å². The van der Waals surface area contributed by atoms with E-state index in [0.717, 1.165) is 28.8 Å². The number of nitrogens with one attached hydrogen (secondary N) is 1. The zero-order chi connectivity index (χ0) is 20.7. The molecule has 0 saturated carbocycles.